The number of ether oxygens (including phenoxy) is 1. The van der Waals surface area contributed by atoms with Gasteiger partial charge in [-0.25, -0.2) is 4.39 Å². The number of nitrogens with zero attached hydrogens (tertiary/aromatic N) is 4. The second kappa shape index (κ2) is 9.21. The fourth-order valence-corrected chi connectivity index (χ4v) is 3.50. The Hall–Kier alpha value is -3.38. The van der Waals surface area contributed by atoms with E-state index in [0.29, 0.717) is 11.0 Å². The van der Waals surface area contributed by atoms with Gasteiger partial charge in [0, 0.05) is 11.3 Å². The summed E-state index contributed by atoms with van der Waals surface area (Å²) in [6.45, 7) is 1.81. The summed E-state index contributed by atoms with van der Waals surface area (Å²) in [5, 5.41) is 20.6. The highest BCUT2D eigenvalue weighted by molar-refractivity contribution is 7.99. The van der Waals surface area contributed by atoms with Gasteiger partial charge < -0.3 is 10.1 Å². The Bertz CT molecular complexity index is 1050. The molecule has 0 spiro atoms. The summed E-state index contributed by atoms with van der Waals surface area (Å²) in [7, 11) is 1.59. The Balaban J connectivity index is 1.69. The number of aromatic nitrogens is 3. The zero-order valence-electron chi connectivity index (χ0n) is 15.8. The van der Waals surface area contributed by atoms with E-state index < -0.39 is 17.8 Å². The van der Waals surface area contributed by atoms with Gasteiger partial charge in [-0.1, -0.05) is 30.0 Å². The summed E-state index contributed by atoms with van der Waals surface area (Å²) in [6.07, 6.45) is 0. The lowest BCUT2D eigenvalue weighted by molar-refractivity contribution is -0.118. The molecule has 1 amide bonds. The van der Waals surface area contributed by atoms with Gasteiger partial charge in [0.2, 0.25) is 5.91 Å². The SMILES string of the molecule is COc1ccc(-n2c(C)nnc2SCC(=O)NC(C#N)c2ccccc2F)cc1. The molecule has 1 unspecified atom stereocenters. The van der Waals surface area contributed by atoms with Crippen LogP contribution in [0.5, 0.6) is 5.75 Å². The molecule has 0 bridgehead atoms. The largest absolute Gasteiger partial charge is 0.497 e. The third-order valence-corrected chi connectivity index (χ3v) is 5.04. The van der Waals surface area contributed by atoms with Gasteiger partial charge in [0.25, 0.3) is 0 Å². The normalized spacial score (nSPS) is 11.5. The number of benzene rings is 2. The Morgan fingerprint density at radius 1 is 1.28 bits per heavy atom. The van der Waals surface area contributed by atoms with Crippen LogP contribution in [0.15, 0.2) is 53.7 Å². The van der Waals surface area contributed by atoms with Crippen molar-refractivity contribution in [3.8, 4) is 17.5 Å². The maximum Gasteiger partial charge on any atom is 0.231 e. The molecular weight excluding hydrogens is 393 g/mol. The molecule has 0 aliphatic carbocycles. The predicted molar refractivity (Wildman–Crippen MR) is 106 cm³/mol. The molecule has 1 aromatic heterocycles. The van der Waals surface area contributed by atoms with E-state index in [-0.39, 0.29) is 11.3 Å². The van der Waals surface area contributed by atoms with Gasteiger partial charge in [-0.3, -0.25) is 9.36 Å². The maximum absolute atomic E-state index is 13.9. The monoisotopic (exact) mass is 411 g/mol. The molecule has 1 atom stereocenters. The lowest BCUT2D eigenvalue weighted by Gasteiger charge is -2.13. The molecule has 3 rings (SSSR count). The minimum Gasteiger partial charge on any atom is -0.497 e. The van der Waals surface area contributed by atoms with E-state index in [1.807, 2.05) is 41.8 Å². The average Bonchev–Trinajstić information content (AvgIpc) is 3.11. The number of carbonyl (C=O) groups excluding carboxylic acids is 1. The van der Waals surface area contributed by atoms with E-state index in [9.17, 15) is 14.4 Å². The molecule has 2 aromatic carbocycles. The van der Waals surface area contributed by atoms with E-state index >= 15 is 0 Å². The number of methoxy groups -OCH3 is 1. The minimum absolute atomic E-state index is 0.000913. The number of carbonyl (C=O) groups is 1. The van der Waals surface area contributed by atoms with E-state index in [1.54, 1.807) is 13.2 Å². The van der Waals surface area contributed by atoms with E-state index in [0.717, 1.165) is 11.4 Å². The standard InChI is InChI=1S/C20H18FN5O2S/c1-13-24-25-20(26(13)14-7-9-15(28-2)10-8-14)29-12-19(27)23-18(11-22)16-5-3-4-6-17(16)21/h3-10,18H,12H2,1-2H3,(H,23,27). The highest BCUT2D eigenvalue weighted by Gasteiger charge is 2.19. The molecule has 3 aromatic rings. The van der Waals surface area contributed by atoms with Crippen molar-refractivity contribution in [1.82, 2.24) is 20.1 Å². The Morgan fingerprint density at radius 3 is 2.66 bits per heavy atom. The van der Waals surface area contributed by atoms with E-state index in [2.05, 4.69) is 15.5 Å². The van der Waals surface area contributed by atoms with Crippen molar-refractivity contribution in [3.05, 3.63) is 65.7 Å². The van der Waals surface area contributed by atoms with Crippen molar-refractivity contribution in [1.29, 1.82) is 5.26 Å². The van der Waals surface area contributed by atoms with Crippen molar-refractivity contribution in [3.63, 3.8) is 0 Å². The van der Waals surface area contributed by atoms with Gasteiger partial charge in [0.05, 0.1) is 18.9 Å². The molecule has 9 heteroatoms. The second-order valence-corrected chi connectivity index (χ2v) is 6.95. The molecule has 0 aliphatic heterocycles. The van der Waals surface area contributed by atoms with Crippen LogP contribution in [0.4, 0.5) is 4.39 Å². The van der Waals surface area contributed by atoms with Gasteiger partial charge in [-0.2, -0.15) is 5.26 Å². The van der Waals surface area contributed by atoms with Gasteiger partial charge >= 0.3 is 0 Å². The van der Waals surface area contributed by atoms with Crippen LogP contribution in [0.1, 0.15) is 17.4 Å². The molecule has 1 N–H and O–H groups in total. The summed E-state index contributed by atoms with van der Waals surface area (Å²) in [6, 6.07) is 14.1. The summed E-state index contributed by atoms with van der Waals surface area (Å²) >= 11 is 1.18. The average molecular weight is 411 g/mol. The van der Waals surface area contributed by atoms with Crippen molar-refractivity contribution in [2.24, 2.45) is 0 Å². The molecule has 0 aliphatic rings. The number of halogens is 1. The second-order valence-electron chi connectivity index (χ2n) is 6.00. The van der Waals surface area contributed by atoms with Crippen molar-refractivity contribution >= 4 is 17.7 Å². The zero-order valence-corrected chi connectivity index (χ0v) is 16.6. The highest BCUT2D eigenvalue weighted by Crippen LogP contribution is 2.24. The fraction of sp³-hybridized carbons (Fsp3) is 0.200. The number of hydrogen-bond acceptors (Lipinski definition) is 6. The van der Waals surface area contributed by atoms with Crippen LogP contribution in [0.3, 0.4) is 0 Å². The number of nitriles is 1. The van der Waals surface area contributed by atoms with Crippen molar-refractivity contribution in [2.45, 2.75) is 18.1 Å². The molecule has 0 fully saturated rings. The zero-order chi connectivity index (χ0) is 20.8. The Labute approximate surface area is 171 Å². The topological polar surface area (TPSA) is 92.8 Å². The smallest absolute Gasteiger partial charge is 0.231 e. The van der Waals surface area contributed by atoms with Gasteiger partial charge in [-0.15, -0.1) is 10.2 Å². The first kappa shape index (κ1) is 20.4. The molecule has 0 saturated heterocycles. The third kappa shape index (κ3) is 4.73. The third-order valence-electron chi connectivity index (χ3n) is 4.11. The number of rotatable bonds is 7. The molecule has 7 nitrogen and oxygen atoms in total. The lowest BCUT2D eigenvalue weighted by Crippen LogP contribution is -2.29. The molecule has 1 heterocycles. The summed E-state index contributed by atoms with van der Waals surface area (Å²) in [5.41, 5.74) is 0.961. The number of hydrogen-bond donors (Lipinski definition) is 1. The van der Waals surface area contributed by atoms with Crippen LogP contribution in [-0.2, 0) is 4.79 Å². The highest BCUT2D eigenvalue weighted by atomic mass is 32.2. The molecular formula is C20H18FN5O2S. The van der Waals surface area contributed by atoms with Crippen molar-refractivity contribution in [2.75, 3.05) is 12.9 Å². The summed E-state index contributed by atoms with van der Waals surface area (Å²) in [4.78, 5) is 12.3. The minimum atomic E-state index is -1.06. The number of thioether (sulfide) groups is 1. The molecule has 29 heavy (non-hydrogen) atoms. The van der Waals surface area contributed by atoms with Crippen LogP contribution in [0, 0.1) is 24.1 Å². The molecule has 0 saturated carbocycles. The van der Waals surface area contributed by atoms with Gasteiger partial charge in [0.1, 0.15) is 23.4 Å². The maximum atomic E-state index is 13.9. The number of nitrogens with one attached hydrogen (secondary N) is 1. The Kier molecular flexibility index (Phi) is 6.46. The van der Waals surface area contributed by atoms with Crippen LogP contribution in [0.25, 0.3) is 5.69 Å². The van der Waals surface area contributed by atoms with Gasteiger partial charge in [0.15, 0.2) is 5.16 Å². The van der Waals surface area contributed by atoms with E-state index in [1.165, 1.54) is 30.0 Å². The lowest BCUT2D eigenvalue weighted by atomic mass is 10.1. The first-order valence-corrected chi connectivity index (χ1v) is 9.64. The van der Waals surface area contributed by atoms with Crippen LogP contribution < -0.4 is 10.1 Å². The number of amides is 1. The fourth-order valence-electron chi connectivity index (χ4n) is 2.69. The summed E-state index contributed by atoms with van der Waals surface area (Å²) in [5.74, 6) is 0.442. The number of aryl methyl sites for hydroxylation is 1. The molecule has 0 radical (unpaired) electrons. The summed E-state index contributed by atoms with van der Waals surface area (Å²) < 4.78 is 20.9. The predicted octanol–water partition coefficient (Wildman–Crippen LogP) is 3.20. The first-order chi connectivity index (χ1) is 14.0. The van der Waals surface area contributed by atoms with Crippen LogP contribution in [-0.4, -0.2) is 33.5 Å². The molecule has 148 valence electrons. The van der Waals surface area contributed by atoms with E-state index in [4.69, 9.17) is 4.74 Å². The van der Waals surface area contributed by atoms with Crippen molar-refractivity contribution < 1.29 is 13.9 Å². The quantitative estimate of drug-likeness (QED) is 0.600. The van der Waals surface area contributed by atoms with Crippen LogP contribution in [0.2, 0.25) is 0 Å². The first-order valence-electron chi connectivity index (χ1n) is 8.66. The Morgan fingerprint density at radius 2 is 2.00 bits per heavy atom. The van der Waals surface area contributed by atoms with Gasteiger partial charge in [-0.05, 0) is 37.3 Å². The van der Waals surface area contributed by atoms with Crippen LogP contribution >= 0.6 is 11.8 Å².